The lowest BCUT2D eigenvalue weighted by Crippen LogP contribution is -2.47. The zero-order valence-electron chi connectivity index (χ0n) is 16.5. The van der Waals surface area contributed by atoms with Crippen molar-refractivity contribution in [3.05, 3.63) is 59.2 Å². The maximum absolute atomic E-state index is 12.3. The average Bonchev–Trinajstić information content (AvgIpc) is 2.69. The number of carbonyl (C=O) groups is 3. The lowest BCUT2D eigenvalue weighted by atomic mass is 10.1. The molecule has 0 aliphatic rings. The quantitative estimate of drug-likeness (QED) is 0.668. The molecule has 0 heterocycles. The molecule has 2 aromatic rings. The molecule has 3 amide bonds. The zero-order chi connectivity index (χ0) is 20.7. The fourth-order valence-corrected chi connectivity index (χ4v) is 2.38. The van der Waals surface area contributed by atoms with Crippen LogP contribution in [0, 0.1) is 13.8 Å². The first-order chi connectivity index (χ1) is 13.3. The molecule has 0 aromatic heterocycles. The van der Waals surface area contributed by atoms with Crippen LogP contribution in [-0.2, 0) is 9.59 Å². The number of nitrogens with one attached hydrogen (secondary N) is 3. The van der Waals surface area contributed by atoms with Crippen LogP contribution in [0.5, 0.6) is 5.75 Å². The second-order valence-electron chi connectivity index (χ2n) is 6.38. The van der Waals surface area contributed by atoms with Crippen molar-refractivity contribution in [2.45, 2.75) is 40.2 Å². The first-order valence-electron chi connectivity index (χ1n) is 9.04. The Morgan fingerprint density at radius 3 is 2.46 bits per heavy atom. The van der Waals surface area contributed by atoms with Crippen LogP contribution in [0.2, 0.25) is 0 Å². The van der Waals surface area contributed by atoms with Gasteiger partial charge in [0.2, 0.25) is 5.91 Å². The summed E-state index contributed by atoms with van der Waals surface area (Å²) in [6.07, 6.45) is -0.457. The summed E-state index contributed by atoms with van der Waals surface area (Å²) in [6.45, 7) is 7.22. The summed E-state index contributed by atoms with van der Waals surface area (Å²) in [5, 5.41) is 2.68. The van der Waals surface area contributed by atoms with Gasteiger partial charge in [0.05, 0.1) is 0 Å². The van der Waals surface area contributed by atoms with Crippen LogP contribution < -0.4 is 20.9 Å². The number of carbonyl (C=O) groups excluding carboxylic acids is 3. The Kier molecular flexibility index (Phi) is 7.14. The standard InChI is InChI=1S/C21H25N3O4/c1-5-19(25)22-17-10-7-9-16(12-17)21(27)24-23-20(26)15(4)28-18-11-6-8-13(2)14(18)3/h6-12,15H,5H2,1-4H3,(H,22,25)(H,23,26)(H,24,27). The van der Waals surface area contributed by atoms with Crippen LogP contribution in [-0.4, -0.2) is 23.8 Å². The largest absolute Gasteiger partial charge is 0.481 e. The summed E-state index contributed by atoms with van der Waals surface area (Å²) >= 11 is 0. The number of rotatable bonds is 6. The molecule has 0 bridgehead atoms. The maximum Gasteiger partial charge on any atom is 0.279 e. The van der Waals surface area contributed by atoms with Gasteiger partial charge >= 0.3 is 0 Å². The molecule has 7 nitrogen and oxygen atoms in total. The molecule has 28 heavy (non-hydrogen) atoms. The lowest BCUT2D eigenvalue weighted by Gasteiger charge is -2.17. The number of aryl methyl sites for hydroxylation is 1. The van der Waals surface area contributed by atoms with Crippen molar-refractivity contribution in [1.29, 1.82) is 0 Å². The monoisotopic (exact) mass is 383 g/mol. The molecule has 0 fully saturated rings. The van der Waals surface area contributed by atoms with Crippen LogP contribution in [0.25, 0.3) is 0 Å². The van der Waals surface area contributed by atoms with Crippen molar-refractivity contribution in [3.8, 4) is 5.75 Å². The number of amides is 3. The SMILES string of the molecule is CCC(=O)Nc1cccc(C(=O)NNC(=O)C(C)Oc2cccc(C)c2C)c1. The first kappa shape index (κ1) is 21.0. The Bertz CT molecular complexity index is 880. The maximum atomic E-state index is 12.3. The number of hydrogen-bond acceptors (Lipinski definition) is 4. The molecule has 2 aromatic carbocycles. The molecule has 0 aliphatic heterocycles. The second-order valence-corrected chi connectivity index (χ2v) is 6.38. The Balaban J connectivity index is 1.93. The summed E-state index contributed by atoms with van der Waals surface area (Å²) in [4.78, 5) is 35.9. The molecule has 148 valence electrons. The predicted octanol–water partition coefficient (Wildman–Crippen LogP) is 2.88. The van der Waals surface area contributed by atoms with E-state index in [0.717, 1.165) is 11.1 Å². The van der Waals surface area contributed by atoms with Crippen molar-refractivity contribution >= 4 is 23.4 Å². The molecule has 7 heteroatoms. The van der Waals surface area contributed by atoms with E-state index in [-0.39, 0.29) is 5.91 Å². The molecule has 0 saturated carbocycles. The summed E-state index contributed by atoms with van der Waals surface area (Å²) in [5.74, 6) is -0.513. The Morgan fingerprint density at radius 1 is 1.04 bits per heavy atom. The lowest BCUT2D eigenvalue weighted by molar-refractivity contribution is -0.128. The summed E-state index contributed by atoms with van der Waals surface area (Å²) < 4.78 is 5.69. The molecule has 0 saturated heterocycles. The molecular weight excluding hydrogens is 358 g/mol. The van der Waals surface area contributed by atoms with E-state index in [1.807, 2.05) is 26.0 Å². The molecule has 2 rings (SSSR count). The molecule has 1 atom stereocenters. The highest BCUT2D eigenvalue weighted by molar-refractivity contribution is 5.98. The van der Waals surface area contributed by atoms with Gasteiger partial charge in [-0.15, -0.1) is 0 Å². The van der Waals surface area contributed by atoms with Gasteiger partial charge in [-0.1, -0.05) is 25.1 Å². The Hall–Kier alpha value is -3.35. The summed E-state index contributed by atoms with van der Waals surface area (Å²) in [6, 6.07) is 12.1. The van der Waals surface area contributed by atoms with Crippen LogP contribution in [0.1, 0.15) is 41.8 Å². The highest BCUT2D eigenvalue weighted by atomic mass is 16.5. The average molecular weight is 383 g/mol. The van der Waals surface area contributed by atoms with Crippen LogP contribution in [0.3, 0.4) is 0 Å². The fourth-order valence-electron chi connectivity index (χ4n) is 2.38. The van der Waals surface area contributed by atoms with Gasteiger partial charge in [0.15, 0.2) is 6.10 Å². The summed E-state index contributed by atoms with van der Waals surface area (Å²) in [5.41, 5.74) is 7.54. The van der Waals surface area contributed by atoms with Crippen molar-refractivity contribution in [2.24, 2.45) is 0 Å². The van der Waals surface area contributed by atoms with Crippen LogP contribution in [0.4, 0.5) is 5.69 Å². The number of anilines is 1. The van der Waals surface area contributed by atoms with Gasteiger partial charge in [-0.2, -0.15) is 0 Å². The smallest absolute Gasteiger partial charge is 0.279 e. The zero-order valence-corrected chi connectivity index (χ0v) is 16.5. The molecule has 1 unspecified atom stereocenters. The topological polar surface area (TPSA) is 96.5 Å². The van der Waals surface area contributed by atoms with E-state index in [2.05, 4.69) is 16.2 Å². The Labute approximate surface area is 164 Å². The number of ether oxygens (including phenoxy) is 1. The summed E-state index contributed by atoms with van der Waals surface area (Å²) in [7, 11) is 0. The minimum absolute atomic E-state index is 0.150. The first-order valence-corrected chi connectivity index (χ1v) is 9.04. The van der Waals surface area contributed by atoms with E-state index >= 15 is 0 Å². The van der Waals surface area contributed by atoms with Gasteiger partial charge in [0.25, 0.3) is 11.8 Å². The molecule has 0 aliphatic carbocycles. The molecular formula is C21H25N3O4. The van der Waals surface area contributed by atoms with Gasteiger partial charge in [-0.3, -0.25) is 25.2 Å². The molecule has 3 N–H and O–H groups in total. The third-order valence-corrected chi connectivity index (χ3v) is 4.26. The van der Waals surface area contributed by atoms with E-state index in [1.54, 1.807) is 38.1 Å². The van der Waals surface area contributed by atoms with Gasteiger partial charge in [-0.25, -0.2) is 0 Å². The van der Waals surface area contributed by atoms with Crippen molar-refractivity contribution in [3.63, 3.8) is 0 Å². The normalized spacial score (nSPS) is 11.3. The van der Waals surface area contributed by atoms with E-state index in [4.69, 9.17) is 4.74 Å². The molecule has 0 spiro atoms. The van der Waals surface area contributed by atoms with Gasteiger partial charge in [0, 0.05) is 17.7 Å². The number of benzene rings is 2. The highest BCUT2D eigenvalue weighted by Crippen LogP contribution is 2.21. The van der Waals surface area contributed by atoms with Crippen molar-refractivity contribution < 1.29 is 19.1 Å². The predicted molar refractivity (Wildman–Crippen MR) is 107 cm³/mol. The van der Waals surface area contributed by atoms with Crippen molar-refractivity contribution in [2.75, 3.05) is 5.32 Å². The Morgan fingerprint density at radius 2 is 1.75 bits per heavy atom. The highest BCUT2D eigenvalue weighted by Gasteiger charge is 2.17. The third kappa shape index (κ3) is 5.57. The van der Waals surface area contributed by atoms with Gasteiger partial charge in [0.1, 0.15) is 5.75 Å². The van der Waals surface area contributed by atoms with Gasteiger partial charge in [-0.05, 0) is 56.2 Å². The second kappa shape index (κ2) is 9.55. The number of hydrogen-bond donors (Lipinski definition) is 3. The van der Waals surface area contributed by atoms with Crippen LogP contribution in [0.15, 0.2) is 42.5 Å². The molecule has 0 radical (unpaired) electrons. The number of hydrazine groups is 1. The van der Waals surface area contributed by atoms with Crippen molar-refractivity contribution in [1.82, 2.24) is 10.9 Å². The fraction of sp³-hybridized carbons (Fsp3) is 0.286. The third-order valence-electron chi connectivity index (χ3n) is 4.26. The van der Waals surface area contributed by atoms with E-state index in [1.165, 1.54) is 6.07 Å². The van der Waals surface area contributed by atoms with E-state index in [9.17, 15) is 14.4 Å². The minimum atomic E-state index is -0.795. The van der Waals surface area contributed by atoms with E-state index < -0.39 is 17.9 Å². The minimum Gasteiger partial charge on any atom is -0.481 e. The van der Waals surface area contributed by atoms with E-state index in [0.29, 0.717) is 23.4 Å². The van der Waals surface area contributed by atoms with Gasteiger partial charge < -0.3 is 10.1 Å². The van der Waals surface area contributed by atoms with Crippen LogP contribution >= 0.6 is 0 Å².